The van der Waals surface area contributed by atoms with E-state index in [9.17, 15) is 28.8 Å². The normalized spacial score (nSPS) is 8.65. The third kappa shape index (κ3) is 52.0. The first-order valence-corrected chi connectivity index (χ1v) is 9.63. The summed E-state index contributed by atoms with van der Waals surface area (Å²) in [4.78, 5) is 70.0. The van der Waals surface area contributed by atoms with E-state index in [2.05, 4.69) is 0 Å². The summed E-state index contributed by atoms with van der Waals surface area (Å²) in [7, 11) is 0. The standard InChI is InChI=1S/3C6H10O3.C2H4O2/c3*1-2-3-5(7)4-6(8)9;1-2(3)4/h3*2-4H2,1H3,(H,8,9);1H3,(H,3,4). The topological polar surface area (TPSA) is 200 Å². The first kappa shape index (κ1) is 35.3. The fraction of sp³-hybridized carbons (Fsp3) is 0.650. The average molecular weight is 450 g/mol. The number of carboxylic acid groups (broad SMARTS) is 4. The van der Waals surface area contributed by atoms with Crippen molar-refractivity contribution < 1.29 is 54.0 Å². The Morgan fingerprint density at radius 3 is 0.742 bits per heavy atom. The second kappa shape index (κ2) is 24.9. The van der Waals surface area contributed by atoms with Crippen molar-refractivity contribution in [3.05, 3.63) is 0 Å². The zero-order valence-corrected chi connectivity index (χ0v) is 18.5. The number of carbonyl (C=O) groups excluding carboxylic acids is 3. The fourth-order valence-electron chi connectivity index (χ4n) is 1.61. The van der Waals surface area contributed by atoms with Gasteiger partial charge in [0.05, 0.1) is 0 Å². The van der Waals surface area contributed by atoms with E-state index in [1.165, 1.54) is 0 Å². The molecule has 0 fully saturated rings. The van der Waals surface area contributed by atoms with Crippen molar-refractivity contribution in [2.75, 3.05) is 0 Å². The van der Waals surface area contributed by atoms with Gasteiger partial charge >= 0.3 is 17.9 Å². The molecule has 0 aliphatic rings. The van der Waals surface area contributed by atoms with Gasteiger partial charge < -0.3 is 20.4 Å². The molecule has 0 aromatic carbocycles. The van der Waals surface area contributed by atoms with Crippen LogP contribution in [0, 0.1) is 0 Å². The third-order valence-electron chi connectivity index (χ3n) is 2.63. The van der Waals surface area contributed by atoms with Crippen molar-refractivity contribution in [1.82, 2.24) is 0 Å². The highest BCUT2D eigenvalue weighted by atomic mass is 16.4. The van der Waals surface area contributed by atoms with Crippen LogP contribution in [0.2, 0.25) is 0 Å². The lowest BCUT2D eigenvalue weighted by atomic mass is 10.2. The van der Waals surface area contributed by atoms with Crippen LogP contribution in [-0.2, 0) is 33.6 Å². The van der Waals surface area contributed by atoms with Gasteiger partial charge in [0, 0.05) is 26.2 Å². The summed E-state index contributed by atoms with van der Waals surface area (Å²) >= 11 is 0. The minimum atomic E-state index is -1.03. The van der Waals surface area contributed by atoms with Gasteiger partial charge in [-0.15, -0.1) is 0 Å². The van der Waals surface area contributed by atoms with Crippen molar-refractivity contribution in [3.8, 4) is 0 Å². The van der Waals surface area contributed by atoms with E-state index < -0.39 is 23.9 Å². The van der Waals surface area contributed by atoms with Gasteiger partial charge in [0.25, 0.3) is 5.97 Å². The summed E-state index contributed by atoms with van der Waals surface area (Å²) in [5, 5.41) is 31.7. The van der Waals surface area contributed by atoms with Gasteiger partial charge in [0.2, 0.25) is 0 Å². The van der Waals surface area contributed by atoms with Crippen LogP contribution in [-0.4, -0.2) is 61.7 Å². The Labute approximate surface area is 181 Å². The van der Waals surface area contributed by atoms with Crippen LogP contribution in [0.1, 0.15) is 85.5 Å². The molecule has 180 valence electrons. The number of carbonyl (C=O) groups is 7. The Kier molecular flexibility index (Phi) is 28.4. The quantitative estimate of drug-likeness (QED) is 0.318. The van der Waals surface area contributed by atoms with Crippen LogP contribution < -0.4 is 0 Å². The Morgan fingerprint density at radius 2 is 0.645 bits per heavy atom. The highest BCUT2D eigenvalue weighted by molar-refractivity contribution is 5.95. The fourth-order valence-corrected chi connectivity index (χ4v) is 1.61. The molecule has 0 heterocycles. The lowest BCUT2D eigenvalue weighted by Crippen LogP contribution is -2.05. The molecular formula is C20H34O11. The Morgan fingerprint density at radius 1 is 0.484 bits per heavy atom. The lowest BCUT2D eigenvalue weighted by Gasteiger charge is -1.90. The molecular weight excluding hydrogens is 416 g/mol. The average Bonchev–Trinajstić information content (AvgIpc) is 2.53. The maximum Gasteiger partial charge on any atom is 0.310 e. The molecule has 0 aromatic rings. The van der Waals surface area contributed by atoms with Gasteiger partial charge in [0.15, 0.2) is 0 Å². The van der Waals surface area contributed by atoms with E-state index in [-0.39, 0.29) is 36.6 Å². The molecule has 11 nitrogen and oxygen atoms in total. The number of hydrogen-bond acceptors (Lipinski definition) is 7. The molecule has 0 saturated heterocycles. The molecule has 0 saturated carbocycles. The molecule has 0 unspecified atom stereocenters. The molecule has 31 heavy (non-hydrogen) atoms. The van der Waals surface area contributed by atoms with Crippen LogP contribution in [0.5, 0.6) is 0 Å². The summed E-state index contributed by atoms with van der Waals surface area (Å²) in [6.07, 6.45) is 2.35. The monoisotopic (exact) mass is 450 g/mol. The smallest absolute Gasteiger partial charge is 0.310 e. The van der Waals surface area contributed by atoms with E-state index in [0.29, 0.717) is 19.3 Å². The zero-order valence-electron chi connectivity index (χ0n) is 18.5. The number of Topliss-reactive ketones (excluding diaryl/α,β-unsaturated/α-hetero) is 3. The summed E-state index contributed by atoms with van der Waals surface area (Å²) in [6.45, 7) is 6.62. The Balaban J connectivity index is -0.000000162. The summed E-state index contributed by atoms with van der Waals surface area (Å²) < 4.78 is 0. The predicted octanol–water partition coefficient (Wildman–Crippen LogP) is 2.58. The van der Waals surface area contributed by atoms with Gasteiger partial charge in [-0.1, -0.05) is 20.8 Å². The molecule has 0 rings (SSSR count). The van der Waals surface area contributed by atoms with Gasteiger partial charge in [0.1, 0.15) is 36.6 Å². The number of carboxylic acids is 4. The highest BCUT2D eigenvalue weighted by Crippen LogP contribution is 1.94. The number of hydrogen-bond donors (Lipinski definition) is 4. The number of ketones is 3. The minimum Gasteiger partial charge on any atom is -0.481 e. The van der Waals surface area contributed by atoms with Crippen LogP contribution in [0.3, 0.4) is 0 Å². The Hall–Kier alpha value is -3.11. The lowest BCUT2D eigenvalue weighted by molar-refractivity contribution is -0.141. The second-order valence-corrected chi connectivity index (χ2v) is 6.10. The van der Waals surface area contributed by atoms with Crippen molar-refractivity contribution in [2.45, 2.75) is 85.5 Å². The van der Waals surface area contributed by atoms with Crippen molar-refractivity contribution in [1.29, 1.82) is 0 Å². The molecule has 0 spiro atoms. The first-order valence-electron chi connectivity index (χ1n) is 9.63. The predicted molar refractivity (Wildman–Crippen MR) is 110 cm³/mol. The minimum absolute atomic E-state index is 0.190. The van der Waals surface area contributed by atoms with Gasteiger partial charge in [-0.3, -0.25) is 33.6 Å². The van der Waals surface area contributed by atoms with Crippen molar-refractivity contribution in [2.24, 2.45) is 0 Å². The van der Waals surface area contributed by atoms with Crippen LogP contribution in [0.25, 0.3) is 0 Å². The summed E-state index contributed by atoms with van der Waals surface area (Å²) in [5.41, 5.74) is 0. The van der Waals surface area contributed by atoms with Gasteiger partial charge in [-0.25, -0.2) is 0 Å². The highest BCUT2D eigenvalue weighted by Gasteiger charge is 2.05. The summed E-state index contributed by atoms with van der Waals surface area (Å²) in [6, 6.07) is 0. The van der Waals surface area contributed by atoms with Crippen LogP contribution in [0.4, 0.5) is 0 Å². The molecule has 11 heteroatoms. The van der Waals surface area contributed by atoms with Crippen molar-refractivity contribution >= 4 is 41.2 Å². The van der Waals surface area contributed by atoms with E-state index in [0.717, 1.165) is 26.2 Å². The van der Waals surface area contributed by atoms with E-state index in [4.69, 9.17) is 25.2 Å². The number of aliphatic carboxylic acids is 4. The van der Waals surface area contributed by atoms with Crippen LogP contribution in [0.15, 0.2) is 0 Å². The molecule has 0 radical (unpaired) electrons. The van der Waals surface area contributed by atoms with E-state index in [1.54, 1.807) is 0 Å². The van der Waals surface area contributed by atoms with E-state index in [1.807, 2.05) is 20.8 Å². The molecule has 0 aliphatic heterocycles. The second-order valence-electron chi connectivity index (χ2n) is 6.10. The zero-order chi connectivity index (χ0) is 25.4. The molecule has 0 amide bonds. The van der Waals surface area contributed by atoms with Crippen LogP contribution >= 0.6 is 0 Å². The van der Waals surface area contributed by atoms with Gasteiger partial charge in [-0.05, 0) is 19.3 Å². The van der Waals surface area contributed by atoms with E-state index >= 15 is 0 Å². The molecule has 0 aliphatic carbocycles. The Bertz CT molecular complexity index is 504. The molecule has 0 atom stereocenters. The van der Waals surface area contributed by atoms with Gasteiger partial charge in [-0.2, -0.15) is 0 Å². The maximum absolute atomic E-state index is 10.5. The largest absolute Gasteiger partial charge is 0.481 e. The number of rotatable bonds is 12. The SMILES string of the molecule is CC(=O)O.CCCC(=O)CC(=O)O.CCCC(=O)CC(=O)O.CCCC(=O)CC(=O)O. The summed E-state index contributed by atoms with van der Waals surface area (Å²) in [5.74, 6) is -4.50. The third-order valence-corrected chi connectivity index (χ3v) is 2.63. The van der Waals surface area contributed by atoms with Crippen molar-refractivity contribution in [3.63, 3.8) is 0 Å². The molecule has 0 bridgehead atoms. The first-order chi connectivity index (χ1) is 14.2. The maximum atomic E-state index is 10.5. The molecule has 4 N–H and O–H groups in total. The molecule has 0 aromatic heterocycles.